The van der Waals surface area contributed by atoms with Gasteiger partial charge in [0, 0.05) is 23.1 Å². The van der Waals surface area contributed by atoms with E-state index >= 15 is 0 Å². The fourth-order valence-corrected chi connectivity index (χ4v) is 3.09. The van der Waals surface area contributed by atoms with Crippen molar-refractivity contribution >= 4 is 16.9 Å². The van der Waals surface area contributed by atoms with Crippen molar-refractivity contribution in [2.24, 2.45) is 0 Å². The highest BCUT2D eigenvalue weighted by Crippen LogP contribution is 2.28. The minimum atomic E-state index is -0.190. The summed E-state index contributed by atoms with van der Waals surface area (Å²) < 4.78 is 16.2. The van der Waals surface area contributed by atoms with E-state index in [1.165, 1.54) is 5.56 Å². The lowest BCUT2D eigenvalue weighted by atomic mass is 10.1. The van der Waals surface area contributed by atoms with Crippen molar-refractivity contribution in [3.05, 3.63) is 59.4 Å². The lowest BCUT2D eigenvalue weighted by Gasteiger charge is -2.13. The number of amides is 1. The molecule has 1 aromatic heterocycles. The van der Waals surface area contributed by atoms with Crippen LogP contribution >= 0.6 is 0 Å². The number of carbonyl (C=O) groups excluding carboxylic acids is 1. The third-order valence-corrected chi connectivity index (χ3v) is 4.75. The second kappa shape index (κ2) is 8.16. The van der Waals surface area contributed by atoms with Crippen LogP contribution in [0, 0.1) is 6.92 Å². The first-order chi connectivity index (χ1) is 13.0. The molecule has 0 bridgehead atoms. The van der Waals surface area contributed by atoms with Crippen molar-refractivity contribution in [3.8, 4) is 11.5 Å². The van der Waals surface area contributed by atoms with E-state index in [2.05, 4.69) is 5.32 Å². The normalized spacial score (nSPS) is 12.0. The van der Waals surface area contributed by atoms with E-state index in [1.807, 2.05) is 50.2 Å². The molecule has 0 aliphatic carbocycles. The average Bonchev–Trinajstić information content (AvgIpc) is 3.02. The van der Waals surface area contributed by atoms with E-state index in [-0.39, 0.29) is 11.9 Å². The van der Waals surface area contributed by atoms with E-state index in [9.17, 15) is 4.79 Å². The molecule has 1 atom stereocenters. The quantitative estimate of drug-likeness (QED) is 0.667. The molecule has 0 saturated heterocycles. The third-order valence-electron chi connectivity index (χ3n) is 4.75. The molecule has 0 aliphatic rings. The van der Waals surface area contributed by atoms with Gasteiger partial charge >= 0.3 is 0 Å². The molecule has 1 N–H and O–H groups in total. The molecule has 0 fully saturated rings. The number of furan rings is 1. The molecule has 0 aliphatic heterocycles. The number of rotatable bonds is 7. The lowest BCUT2D eigenvalue weighted by Crippen LogP contribution is -2.33. The van der Waals surface area contributed by atoms with Gasteiger partial charge in [0.25, 0.3) is 5.91 Å². The first-order valence-corrected chi connectivity index (χ1v) is 9.02. The maximum Gasteiger partial charge on any atom is 0.287 e. The monoisotopic (exact) mass is 367 g/mol. The molecule has 5 nitrogen and oxygen atoms in total. The Hall–Kier alpha value is -2.95. The molecule has 3 rings (SSSR count). The maximum absolute atomic E-state index is 12.6. The van der Waals surface area contributed by atoms with E-state index in [0.29, 0.717) is 17.1 Å². The Morgan fingerprint density at radius 1 is 1.07 bits per heavy atom. The Labute approximate surface area is 159 Å². The van der Waals surface area contributed by atoms with Crippen molar-refractivity contribution < 1.29 is 18.7 Å². The molecule has 142 valence electrons. The number of methoxy groups -OCH3 is 2. The number of carbonyl (C=O) groups is 1. The molecule has 27 heavy (non-hydrogen) atoms. The molecule has 0 saturated carbocycles. The molecule has 1 amide bonds. The first-order valence-electron chi connectivity index (χ1n) is 9.02. The van der Waals surface area contributed by atoms with Gasteiger partial charge in [0.1, 0.15) is 17.1 Å². The summed E-state index contributed by atoms with van der Waals surface area (Å²) in [5.41, 5.74) is 2.71. The van der Waals surface area contributed by atoms with Crippen LogP contribution in [0.5, 0.6) is 11.5 Å². The lowest BCUT2D eigenvalue weighted by molar-refractivity contribution is 0.0911. The fraction of sp³-hybridized carbons (Fsp3) is 0.318. The Kier molecular flexibility index (Phi) is 5.69. The van der Waals surface area contributed by atoms with Crippen molar-refractivity contribution in [1.29, 1.82) is 0 Å². The number of hydrogen-bond acceptors (Lipinski definition) is 4. The summed E-state index contributed by atoms with van der Waals surface area (Å²) in [6.45, 7) is 3.90. The standard InChI is InChI=1S/C22H25NO4/c1-14(5-6-16-7-9-17(25-3)10-8-16)23-22(24)21-15(2)19-12-11-18(26-4)13-20(19)27-21/h7-14H,5-6H2,1-4H3,(H,23,24). The van der Waals surface area contributed by atoms with E-state index in [4.69, 9.17) is 13.9 Å². The van der Waals surface area contributed by atoms with Crippen LogP contribution < -0.4 is 14.8 Å². The Morgan fingerprint density at radius 2 is 1.74 bits per heavy atom. The smallest absolute Gasteiger partial charge is 0.287 e. The zero-order valence-corrected chi connectivity index (χ0v) is 16.2. The number of fused-ring (bicyclic) bond motifs is 1. The number of aryl methyl sites for hydroxylation is 2. The Bertz CT molecular complexity index is 927. The summed E-state index contributed by atoms with van der Waals surface area (Å²) in [5.74, 6) is 1.72. The van der Waals surface area contributed by atoms with Crippen LogP contribution in [0.25, 0.3) is 11.0 Å². The zero-order valence-electron chi connectivity index (χ0n) is 16.2. The maximum atomic E-state index is 12.6. The van der Waals surface area contributed by atoms with Crippen LogP contribution in [0.1, 0.15) is 35.0 Å². The van der Waals surface area contributed by atoms with Crippen LogP contribution in [-0.4, -0.2) is 26.2 Å². The van der Waals surface area contributed by atoms with Gasteiger partial charge in [-0.2, -0.15) is 0 Å². The number of hydrogen-bond donors (Lipinski definition) is 1. The van der Waals surface area contributed by atoms with Gasteiger partial charge in [-0.1, -0.05) is 12.1 Å². The SMILES string of the molecule is COc1ccc(CCC(C)NC(=O)c2oc3cc(OC)ccc3c2C)cc1. The largest absolute Gasteiger partial charge is 0.497 e. The third kappa shape index (κ3) is 4.25. The summed E-state index contributed by atoms with van der Waals surface area (Å²) in [7, 11) is 3.26. The molecule has 5 heteroatoms. The zero-order chi connectivity index (χ0) is 19.4. The molecule has 1 unspecified atom stereocenters. The van der Waals surface area contributed by atoms with Gasteiger partial charge in [-0.3, -0.25) is 4.79 Å². The second-order valence-electron chi connectivity index (χ2n) is 6.68. The van der Waals surface area contributed by atoms with Crippen molar-refractivity contribution in [2.75, 3.05) is 14.2 Å². The predicted octanol–water partition coefficient (Wildman–Crippen LogP) is 4.51. The highest BCUT2D eigenvalue weighted by atomic mass is 16.5. The number of ether oxygens (including phenoxy) is 2. The minimum Gasteiger partial charge on any atom is -0.497 e. The topological polar surface area (TPSA) is 60.7 Å². The van der Waals surface area contributed by atoms with Crippen LogP contribution in [0.4, 0.5) is 0 Å². The van der Waals surface area contributed by atoms with Gasteiger partial charge in [-0.05, 0) is 56.5 Å². The van der Waals surface area contributed by atoms with Crippen molar-refractivity contribution in [3.63, 3.8) is 0 Å². The molecular weight excluding hydrogens is 342 g/mol. The van der Waals surface area contributed by atoms with Gasteiger partial charge < -0.3 is 19.2 Å². The average molecular weight is 367 g/mol. The summed E-state index contributed by atoms with van der Waals surface area (Å²) in [5, 5.41) is 3.95. The van der Waals surface area contributed by atoms with Gasteiger partial charge in [-0.15, -0.1) is 0 Å². The highest BCUT2D eigenvalue weighted by Gasteiger charge is 2.19. The Morgan fingerprint density at radius 3 is 2.41 bits per heavy atom. The predicted molar refractivity (Wildman–Crippen MR) is 106 cm³/mol. The molecule has 0 spiro atoms. The second-order valence-corrected chi connectivity index (χ2v) is 6.68. The molecule has 0 radical (unpaired) electrons. The first kappa shape index (κ1) is 18.8. The summed E-state index contributed by atoms with van der Waals surface area (Å²) in [6.07, 6.45) is 1.72. The molecule has 1 heterocycles. The van der Waals surface area contributed by atoms with Gasteiger partial charge in [0.05, 0.1) is 14.2 Å². The van der Waals surface area contributed by atoms with E-state index in [0.717, 1.165) is 29.5 Å². The van der Waals surface area contributed by atoms with Gasteiger partial charge in [0.15, 0.2) is 5.76 Å². The van der Waals surface area contributed by atoms with E-state index in [1.54, 1.807) is 20.3 Å². The summed E-state index contributed by atoms with van der Waals surface area (Å²) >= 11 is 0. The summed E-state index contributed by atoms with van der Waals surface area (Å²) in [6, 6.07) is 13.6. The molecule has 3 aromatic rings. The van der Waals surface area contributed by atoms with Crippen LogP contribution in [0.15, 0.2) is 46.9 Å². The van der Waals surface area contributed by atoms with Crippen LogP contribution in [-0.2, 0) is 6.42 Å². The summed E-state index contributed by atoms with van der Waals surface area (Å²) in [4.78, 5) is 12.6. The fourth-order valence-electron chi connectivity index (χ4n) is 3.09. The molecular formula is C22H25NO4. The van der Waals surface area contributed by atoms with Crippen molar-refractivity contribution in [1.82, 2.24) is 5.32 Å². The van der Waals surface area contributed by atoms with Crippen LogP contribution in [0.3, 0.4) is 0 Å². The highest BCUT2D eigenvalue weighted by molar-refractivity contribution is 5.99. The Balaban J connectivity index is 1.63. The minimum absolute atomic E-state index is 0.0294. The van der Waals surface area contributed by atoms with Crippen molar-refractivity contribution in [2.45, 2.75) is 32.7 Å². The van der Waals surface area contributed by atoms with Gasteiger partial charge in [0.2, 0.25) is 0 Å². The van der Waals surface area contributed by atoms with E-state index < -0.39 is 0 Å². The van der Waals surface area contributed by atoms with Crippen LogP contribution in [0.2, 0.25) is 0 Å². The number of nitrogens with one attached hydrogen (secondary N) is 1. The van der Waals surface area contributed by atoms with Gasteiger partial charge in [-0.25, -0.2) is 0 Å². The molecule has 2 aromatic carbocycles. The number of benzene rings is 2.